The Bertz CT molecular complexity index is 1440. The minimum atomic E-state index is -2.11. The van der Waals surface area contributed by atoms with E-state index in [-0.39, 0.29) is 22.2 Å². The maximum absolute atomic E-state index is 12.8. The van der Waals surface area contributed by atoms with Crippen LogP contribution in [0.1, 0.15) is 28.8 Å². The number of benzene rings is 2. The molecule has 44 heavy (non-hydrogen) atoms. The van der Waals surface area contributed by atoms with Gasteiger partial charge >= 0.3 is 35.9 Å². The summed E-state index contributed by atoms with van der Waals surface area (Å²) in [6.45, 7) is -1.68. The summed E-state index contributed by atoms with van der Waals surface area (Å²) in [7, 11) is 0. The number of hydrogen-bond donors (Lipinski definition) is 7. The fourth-order valence-electron chi connectivity index (χ4n) is 3.44. The summed E-state index contributed by atoms with van der Waals surface area (Å²) in [5, 5.41) is 38.3. The van der Waals surface area contributed by atoms with Gasteiger partial charge in [-0.1, -0.05) is 12.1 Å². The monoisotopic (exact) mass is 617 g/mol. The third kappa shape index (κ3) is 11.0. The van der Waals surface area contributed by atoms with E-state index in [0.29, 0.717) is 11.3 Å². The molecule has 2 atom stereocenters. The molecule has 0 bridgehead atoms. The van der Waals surface area contributed by atoms with Gasteiger partial charge in [0.15, 0.2) is 5.96 Å². The van der Waals surface area contributed by atoms with Gasteiger partial charge in [0.05, 0.1) is 24.1 Å². The van der Waals surface area contributed by atoms with Crippen LogP contribution in [0.15, 0.2) is 53.5 Å². The molecule has 234 valence electrons. The van der Waals surface area contributed by atoms with Crippen molar-refractivity contribution in [3.63, 3.8) is 0 Å². The van der Waals surface area contributed by atoms with Gasteiger partial charge < -0.3 is 46.7 Å². The molecule has 2 amide bonds. The maximum Gasteiger partial charge on any atom is 0.411 e. The summed E-state index contributed by atoms with van der Waals surface area (Å²) in [5.41, 5.74) is 11.5. The highest BCUT2D eigenvalue weighted by Gasteiger charge is 2.35. The van der Waals surface area contributed by atoms with E-state index in [4.69, 9.17) is 36.3 Å². The zero-order valence-corrected chi connectivity index (χ0v) is 22.6. The Morgan fingerprint density at radius 3 is 1.91 bits per heavy atom. The molecule has 0 heterocycles. The van der Waals surface area contributed by atoms with Gasteiger partial charge in [0.1, 0.15) is 31.0 Å². The van der Waals surface area contributed by atoms with Crippen LogP contribution in [-0.2, 0) is 35.3 Å². The lowest BCUT2D eigenvalue weighted by atomic mass is 10.1. The number of guanidine groups is 1. The molecule has 0 aromatic heterocycles. The summed E-state index contributed by atoms with van der Waals surface area (Å²) in [5.74, 6) is -8.78. The van der Waals surface area contributed by atoms with Gasteiger partial charge in [0.25, 0.3) is 0 Å². The number of nitrogens with one attached hydrogen (secondary N) is 1. The van der Waals surface area contributed by atoms with Crippen LogP contribution in [0.2, 0.25) is 0 Å². The molecular weight excluding hydrogens is 590 g/mol. The van der Waals surface area contributed by atoms with E-state index in [2.05, 4.69) is 4.99 Å². The molecule has 0 aliphatic carbocycles. The van der Waals surface area contributed by atoms with E-state index < -0.39 is 79.9 Å². The van der Waals surface area contributed by atoms with Crippen molar-refractivity contribution >= 4 is 53.5 Å². The van der Waals surface area contributed by atoms with Crippen LogP contribution in [0.5, 0.6) is 5.75 Å². The van der Waals surface area contributed by atoms with Crippen LogP contribution >= 0.6 is 0 Å². The molecule has 0 aliphatic rings. The lowest BCUT2D eigenvalue weighted by Crippen LogP contribution is -2.53. The van der Waals surface area contributed by atoms with Crippen LogP contribution in [0, 0.1) is 0 Å². The van der Waals surface area contributed by atoms with E-state index >= 15 is 0 Å². The van der Waals surface area contributed by atoms with Gasteiger partial charge in [-0.3, -0.25) is 19.3 Å². The SMILES string of the molecule is NC(N)=Nc1ccc(C(=O)Oc2ccc(COC(=O)N(CC(=O)NC(CC(=O)O)C(=O)O)C(CC(=O)O)C(=O)O)cc2)cc1. The molecule has 0 radical (unpaired) electrons. The molecule has 0 fully saturated rings. The van der Waals surface area contributed by atoms with E-state index in [1.807, 2.05) is 5.32 Å². The van der Waals surface area contributed by atoms with Crippen LogP contribution in [0.25, 0.3) is 0 Å². The predicted molar refractivity (Wildman–Crippen MR) is 146 cm³/mol. The highest BCUT2D eigenvalue weighted by molar-refractivity contribution is 5.92. The first-order valence-electron chi connectivity index (χ1n) is 12.3. The topological polar surface area (TPSA) is 299 Å². The lowest BCUT2D eigenvalue weighted by molar-refractivity contribution is -0.150. The van der Waals surface area contributed by atoms with Crippen molar-refractivity contribution in [3.8, 4) is 5.75 Å². The number of carboxylic acids is 4. The summed E-state index contributed by atoms with van der Waals surface area (Å²) in [4.78, 5) is 86.7. The molecular formula is C26H27N5O13. The number of hydrogen-bond acceptors (Lipinski definition) is 10. The Hall–Kier alpha value is -6.20. The molecule has 0 spiro atoms. The van der Waals surface area contributed by atoms with Gasteiger partial charge in [0.2, 0.25) is 5.91 Å². The number of ether oxygens (including phenoxy) is 2. The van der Waals surface area contributed by atoms with Crippen LogP contribution in [0.4, 0.5) is 10.5 Å². The van der Waals surface area contributed by atoms with Crippen LogP contribution in [-0.4, -0.2) is 91.8 Å². The standard InChI is InChI=1S/C26H27N5O13/c27-25(28)29-15-5-3-14(4-6-15)24(41)44-16-7-1-13(2-8-16)12-43-26(42)31(18(23(39)40)10-21(35)36)11-19(32)30-17(22(37)38)9-20(33)34/h1-8,17-18H,9-12H2,(H,30,32)(H,33,34)(H,35,36)(H,37,38)(H,39,40)(H4,27,28,29). The fourth-order valence-corrected chi connectivity index (χ4v) is 3.44. The largest absolute Gasteiger partial charge is 0.481 e. The predicted octanol–water partition coefficient (Wildman–Crippen LogP) is -0.279. The average molecular weight is 618 g/mol. The lowest BCUT2D eigenvalue weighted by Gasteiger charge is -2.27. The zero-order chi connectivity index (χ0) is 33.0. The number of carboxylic acid groups (broad SMARTS) is 4. The number of aliphatic carboxylic acids is 4. The summed E-state index contributed by atoms with van der Waals surface area (Å²) in [6, 6.07) is 7.34. The number of esters is 1. The van der Waals surface area contributed by atoms with Gasteiger partial charge in [-0.15, -0.1) is 0 Å². The highest BCUT2D eigenvalue weighted by atomic mass is 16.6. The summed E-state index contributed by atoms with van der Waals surface area (Å²) < 4.78 is 10.3. The minimum absolute atomic E-state index is 0.110. The Kier molecular flexibility index (Phi) is 12.1. The minimum Gasteiger partial charge on any atom is -0.481 e. The van der Waals surface area contributed by atoms with E-state index in [9.17, 15) is 38.7 Å². The van der Waals surface area contributed by atoms with E-state index in [1.54, 1.807) is 0 Å². The Morgan fingerprint density at radius 2 is 1.41 bits per heavy atom. The van der Waals surface area contributed by atoms with Crippen molar-refractivity contribution in [1.29, 1.82) is 0 Å². The highest BCUT2D eigenvalue weighted by Crippen LogP contribution is 2.18. The molecule has 2 aromatic rings. The van der Waals surface area contributed by atoms with Crippen molar-refractivity contribution in [2.75, 3.05) is 6.54 Å². The van der Waals surface area contributed by atoms with Crippen molar-refractivity contribution in [2.24, 2.45) is 16.5 Å². The number of carbonyl (C=O) groups is 7. The second-order valence-electron chi connectivity index (χ2n) is 8.81. The number of amides is 2. The quantitative estimate of drug-likeness (QED) is 0.0585. The smallest absolute Gasteiger partial charge is 0.411 e. The Morgan fingerprint density at radius 1 is 0.818 bits per heavy atom. The molecule has 0 saturated heterocycles. The van der Waals surface area contributed by atoms with Crippen molar-refractivity contribution in [3.05, 3.63) is 59.7 Å². The maximum atomic E-state index is 12.8. The summed E-state index contributed by atoms with van der Waals surface area (Å²) >= 11 is 0. The molecule has 18 nitrogen and oxygen atoms in total. The number of nitrogens with zero attached hydrogens (tertiary/aromatic N) is 2. The molecule has 2 rings (SSSR count). The second kappa shape index (κ2) is 15.7. The average Bonchev–Trinajstić information content (AvgIpc) is 2.93. The molecule has 18 heteroatoms. The summed E-state index contributed by atoms with van der Waals surface area (Å²) in [6.07, 6.45) is -3.62. The second-order valence-corrected chi connectivity index (χ2v) is 8.81. The van der Waals surface area contributed by atoms with E-state index in [1.165, 1.54) is 48.5 Å². The number of carbonyl (C=O) groups excluding carboxylic acids is 3. The third-order valence-electron chi connectivity index (χ3n) is 5.45. The van der Waals surface area contributed by atoms with Gasteiger partial charge in [-0.05, 0) is 42.0 Å². The molecule has 9 N–H and O–H groups in total. The third-order valence-corrected chi connectivity index (χ3v) is 5.45. The van der Waals surface area contributed by atoms with Crippen molar-refractivity contribution in [1.82, 2.24) is 10.2 Å². The molecule has 2 unspecified atom stereocenters. The first-order valence-corrected chi connectivity index (χ1v) is 12.3. The Labute approximate surface area is 247 Å². The Balaban J connectivity index is 2.10. The van der Waals surface area contributed by atoms with Gasteiger partial charge in [-0.2, -0.15) is 0 Å². The molecule has 0 aliphatic heterocycles. The number of nitrogens with two attached hydrogens (primary N) is 2. The van der Waals surface area contributed by atoms with Crippen LogP contribution in [0.3, 0.4) is 0 Å². The van der Waals surface area contributed by atoms with Crippen LogP contribution < -0.4 is 21.5 Å². The van der Waals surface area contributed by atoms with Crippen molar-refractivity contribution < 1.29 is 63.5 Å². The first kappa shape index (κ1) is 34.0. The van der Waals surface area contributed by atoms with Gasteiger partial charge in [-0.25, -0.2) is 24.2 Å². The number of rotatable bonds is 15. The van der Waals surface area contributed by atoms with Gasteiger partial charge in [0, 0.05) is 0 Å². The normalized spacial score (nSPS) is 11.6. The molecule has 0 saturated carbocycles. The zero-order valence-electron chi connectivity index (χ0n) is 22.6. The molecule has 2 aromatic carbocycles. The number of aliphatic imine (C=N–C) groups is 1. The van der Waals surface area contributed by atoms with Crippen molar-refractivity contribution in [2.45, 2.75) is 31.5 Å². The van der Waals surface area contributed by atoms with E-state index in [0.717, 1.165) is 0 Å². The first-order chi connectivity index (χ1) is 20.7. The fraction of sp³-hybridized carbons (Fsp3) is 0.231.